The smallest absolute Gasteiger partial charge is 0.0781 e. The van der Waals surface area contributed by atoms with Gasteiger partial charge in [-0.25, -0.2) is 0 Å². The molecule has 0 saturated heterocycles. The number of ether oxygens (including phenoxy) is 3. The van der Waals surface area contributed by atoms with Crippen LogP contribution in [0.15, 0.2) is 0 Å². The molecule has 0 saturated carbocycles. The minimum atomic E-state index is -0.560. The lowest BCUT2D eigenvalue weighted by atomic mass is 10.4. The summed E-state index contributed by atoms with van der Waals surface area (Å²) < 4.78 is 15.4. The summed E-state index contributed by atoms with van der Waals surface area (Å²) in [6.07, 6.45) is -1.83. The van der Waals surface area contributed by atoms with Crippen molar-refractivity contribution in [1.82, 2.24) is 0 Å². The quantitative estimate of drug-likeness (QED) is 0.249. The van der Waals surface area contributed by atoms with Crippen molar-refractivity contribution in [2.45, 2.75) is 78.2 Å². The van der Waals surface area contributed by atoms with Crippen LogP contribution in [0.1, 0.15) is 41.5 Å². The Hall–Kier alpha value is -0.360. The Kier molecular flexibility index (Phi) is 25.5. The number of hydrogen-bond acceptors (Lipinski definition) is 9. The van der Waals surface area contributed by atoms with Crippen LogP contribution < -0.4 is 0 Å². The SMILES string of the molecule is CC(O)CO.CC(O)COC(C)CO.CC(O)COC(C)COC(C)CO. The normalized spacial score (nSPS) is 17.3. The average Bonchev–Trinajstić information content (AvgIpc) is 2.63. The van der Waals surface area contributed by atoms with Crippen molar-refractivity contribution in [2.75, 3.05) is 39.6 Å². The summed E-state index contributed by atoms with van der Waals surface area (Å²) in [4.78, 5) is 0. The first-order valence-electron chi connectivity index (χ1n) is 9.21. The number of aliphatic hydroxyl groups is 6. The van der Waals surface area contributed by atoms with Crippen molar-refractivity contribution in [2.24, 2.45) is 0 Å². The zero-order chi connectivity index (χ0) is 21.8. The Morgan fingerprint density at radius 3 is 1.04 bits per heavy atom. The molecule has 0 rings (SSSR count). The highest BCUT2D eigenvalue weighted by Gasteiger charge is 2.07. The summed E-state index contributed by atoms with van der Waals surface area (Å²) in [7, 11) is 0. The van der Waals surface area contributed by atoms with E-state index in [1.54, 1.807) is 27.7 Å². The van der Waals surface area contributed by atoms with Gasteiger partial charge in [-0.2, -0.15) is 0 Å². The molecular weight excluding hydrogens is 360 g/mol. The monoisotopic (exact) mass is 402 g/mol. The summed E-state index contributed by atoms with van der Waals surface area (Å²) in [5.41, 5.74) is 0. The molecule has 0 aromatic heterocycles. The molecule has 9 heteroatoms. The molecule has 0 radical (unpaired) electrons. The standard InChI is InChI=1S/C9H20O4.C6H14O3.C3H8O2/c1-7(11)5-12-9(3)6-13-8(2)4-10;1-5(8)4-9-6(2)3-7;1-3(5)2-4/h7-11H,4-6H2,1-3H3;5-8H,3-4H2,1-2H3;3-5H,2H2,1H3. The van der Waals surface area contributed by atoms with Crippen molar-refractivity contribution in [3.8, 4) is 0 Å². The van der Waals surface area contributed by atoms with E-state index in [0.717, 1.165) is 0 Å². The van der Waals surface area contributed by atoms with Gasteiger partial charge in [0.25, 0.3) is 0 Å². The molecule has 0 aliphatic heterocycles. The molecule has 0 bridgehead atoms. The summed E-state index contributed by atoms with van der Waals surface area (Å²) in [5.74, 6) is 0. The maximum atomic E-state index is 8.92. The van der Waals surface area contributed by atoms with E-state index in [1.807, 2.05) is 6.92 Å². The Morgan fingerprint density at radius 1 is 0.481 bits per heavy atom. The highest BCUT2D eigenvalue weighted by molar-refractivity contribution is 4.53. The van der Waals surface area contributed by atoms with Crippen LogP contribution in [0.5, 0.6) is 0 Å². The van der Waals surface area contributed by atoms with Crippen LogP contribution in [-0.4, -0.2) is 107 Å². The predicted octanol–water partition coefficient (Wildman–Crippen LogP) is -0.706. The average molecular weight is 403 g/mol. The van der Waals surface area contributed by atoms with Crippen LogP contribution in [0.2, 0.25) is 0 Å². The first-order chi connectivity index (χ1) is 12.5. The second-order valence-electron chi connectivity index (χ2n) is 6.53. The fraction of sp³-hybridized carbons (Fsp3) is 1.00. The maximum absolute atomic E-state index is 8.92. The Balaban J connectivity index is -0.000000356. The van der Waals surface area contributed by atoms with Crippen LogP contribution in [0.4, 0.5) is 0 Å². The van der Waals surface area contributed by atoms with Crippen LogP contribution in [0, 0.1) is 0 Å². The third-order valence-electron chi connectivity index (χ3n) is 2.64. The first kappa shape index (κ1) is 31.3. The van der Waals surface area contributed by atoms with E-state index in [4.69, 9.17) is 44.8 Å². The van der Waals surface area contributed by atoms with E-state index in [0.29, 0.717) is 19.8 Å². The van der Waals surface area contributed by atoms with Crippen molar-refractivity contribution in [1.29, 1.82) is 0 Å². The first-order valence-corrected chi connectivity index (χ1v) is 9.21. The van der Waals surface area contributed by atoms with E-state index >= 15 is 0 Å². The van der Waals surface area contributed by atoms with Crippen molar-refractivity contribution < 1.29 is 44.8 Å². The van der Waals surface area contributed by atoms with E-state index in [9.17, 15) is 0 Å². The number of hydrogen-bond donors (Lipinski definition) is 6. The highest BCUT2D eigenvalue weighted by atomic mass is 16.5. The van der Waals surface area contributed by atoms with Crippen molar-refractivity contribution in [3.63, 3.8) is 0 Å². The Bertz CT molecular complexity index is 276. The second kappa shape index (κ2) is 21.9. The minimum Gasteiger partial charge on any atom is -0.394 e. The molecule has 0 aliphatic carbocycles. The fourth-order valence-corrected chi connectivity index (χ4v) is 1.06. The molecule has 0 heterocycles. The molecule has 9 nitrogen and oxygen atoms in total. The lowest BCUT2D eigenvalue weighted by molar-refractivity contribution is -0.0620. The lowest BCUT2D eigenvalue weighted by Crippen LogP contribution is -2.24. The Morgan fingerprint density at radius 2 is 0.778 bits per heavy atom. The van der Waals surface area contributed by atoms with Gasteiger partial charge in [0.15, 0.2) is 0 Å². The molecule has 0 fully saturated rings. The Labute approximate surface area is 163 Å². The van der Waals surface area contributed by atoms with Gasteiger partial charge >= 0.3 is 0 Å². The summed E-state index contributed by atoms with van der Waals surface area (Å²) in [6, 6.07) is 0. The van der Waals surface area contributed by atoms with Gasteiger partial charge in [-0.05, 0) is 41.5 Å². The molecular formula is C18H42O9. The molecule has 27 heavy (non-hydrogen) atoms. The zero-order valence-electron chi connectivity index (χ0n) is 17.6. The fourth-order valence-electron chi connectivity index (χ4n) is 1.06. The molecule has 0 amide bonds. The van der Waals surface area contributed by atoms with E-state index in [1.165, 1.54) is 6.92 Å². The topological polar surface area (TPSA) is 149 Å². The minimum absolute atomic E-state index is 0.00667. The summed E-state index contributed by atoms with van der Waals surface area (Å²) >= 11 is 0. The second-order valence-corrected chi connectivity index (χ2v) is 6.53. The lowest BCUT2D eigenvalue weighted by Gasteiger charge is -2.16. The third-order valence-corrected chi connectivity index (χ3v) is 2.64. The molecule has 6 N–H and O–H groups in total. The van der Waals surface area contributed by atoms with E-state index in [-0.39, 0.29) is 38.1 Å². The zero-order valence-corrected chi connectivity index (χ0v) is 17.6. The largest absolute Gasteiger partial charge is 0.394 e. The number of rotatable bonds is 12. The number of aliphatic hydroxyl groups excluding tert-OH is 6. The van der Waals surface area contributed by atoms with Gasteiger partial charge in [0.05, 0.1) is 76.3 Å². The van der Waals surface area contributed by atoms with Crippen LogP contribution >= 0.6 is 0 Å². The van der Waals surface area contributed by atoms with Crippen LogP contribution in [-0.2, 0) is 14.2 Å². The van der Waals surface area contributed by atoms with Gasteiger partial charge in [-0.3, -0.25) is 0 Å². The highest BCUT2D eigenvalue weighted by Crippen LogP contribution is 1.97. The molecule has 168 valence electrons. The van der Waals surface area contributed by atoms with Gasteiger partial charge in [-0.1, -0.05) is 0 Å². The third kappa shape index (κ3) is 33.6. The van der Waals surface area contributed by atoms with E-state index in [2.05, 4.69) is 0 Å². The van der Waals surface area contributed by atoms with Gasteiger partial charge in [0, 0.05) is 0 Å². The van der Waals surface area contributed by atoms with Gasteiger partial charge in [0.2, 0.25) is 0 Å². The maximum Gasteiger partial charge on any atom is 0.0781 e. The molecule has 0 spiro atoms. The molecule has 0 aromatic carbocycles. The van der Waals surface area contributed by atoms with Crippen LogP contribution in [0.25, 0.3) is 0 Å². The molecule has 0 aromatic rings. The van der Waals surface area contributed by atoms with Gasteiger partial charge < -0.3 is 44.8 Å². The van der Waals surface area contributed by atoms with Crippen molar-refractivity contribution >= 4 is 0 Å². The van der Waals surface area contributed by atoms with E-state index < -0.39 is 18.3 Å². The summed E-state index contributed by atoms with van der Waals surface area (Å²) in [6.45, 7) is 11.2. The summed E-state index contributed by atoms with van der Waals surface area (Å²) in [5, 5.41) is 50.7. The van der Waals surface area contributed by atoms with Crippen molar-refractivity contribution in [3.05, 3.63) is 0 Å². The van der Waals surface area contributed by atoms with Crippen LogP contribution in [0.3, 0.4) is 0 Å². The molecule has 0 aliphatic rings. The molecule has 6 atom stereocenters. The van der Waals surface area contributed by atoms with Gasteiger partial charge in [-0.15, -0.1) is 0 Å². The predicted molar refractivity (Wildman–Crippen MR) is 103 cm³/mol. The molecule has 6 unspecified atom stereocenters. The van der Waals surface area contributed by atoms with Gasteiger partial charge in [0.1, 0.15) is 0 Å².